The van der Waals surface area contributed by atoms with E-state index in [9.17, 15) is 0 Å². The molecule has 1 aromatic heterocycles. The lowest BCUT2D eigenvalue weighted by molar-refractivity contribution is 0.0759. The van der Waals surface area contributed by atoms with Crippen LogP contribution in [0.5, 0.6) is 0 Å². The van der Waals surface area contributed by atoms with Gasteiger partial charge in [0.05, 0.1) is 12.9 Å². The number of hydrogen-bond donors (Lipinski definition) is 1. The van der Waals surface area contributed by atoms with Crippen LogP contribution in [0, 0.1) is 0 Å². The molecule has 1 aliphatic heterocycles. The maximum Gasteiger partial charge on any atom is 0.133 e. The molecule has 1 aromatic rings. The third-order valence-electron chi connectivity index (χ3n) is 4.23. The summed E-state index contributed by atoms with van der Waals surface area (Å²) in [7, 11) is 0. The fraction of sp³-hybridized carbons (Fsp3) is 0.750. The van der Waals surface area contributed by atoms with Crippen LogP contribution in [0.4, 0.5) is 0 Å². The molecule has 0 bridgehead atoms. The minimum Gasteiger partial charge on any atom is -0.467 e. The van der Waals surface area contributed by atoms with Gasteiger partial charge in [0.2, 0.25) is 0 Å². The molecule has 112 valence electrons. The first-order valence-corrected chi connectivity index (χ1v) is 8.00. The highest BCUT2D eigenvalue weighted by Crippen LogP contribution is 2.20. The van der Waals surface area contributed by atoms with Gasteiger partial charge in [-0.15, -0.1) is 0 Å². The topological polar surface area (TPSA) is 37.6 Å². The average molecular weight is 278 g/mol. The molecule has 1 saturated heterocycles. The van der Waals surface area contributed by atoms with Gasteiger partial charge in [-0.3, -0.25) is 0 Å². The van der Waals surface area contributed by atoms with Gasteiger partial charge < -0.3 is 19.4 Å². The summed E-state index contributed by atoms with van der Waals surface area (Å²) >= 11 is 0. The smallest absolute Gasteiger partial charge is 0.133 e. The van der Waals surface area contributed by atoms with Crippen molar-refractivity contribution in [2.45, 2.75) is 51.3 Å². The van der Waals surface area contributed by atoms with Crippen molar-refractivity contribution in [2.75, 3.05) is 26.2 Å². The van der Waals surface area contributed by atoms with E-state index in [1.165, 1.54) is 50.8 Å². The van der Waals surface area contributed by atoms with Crippen LogP contribution in [0.3, 0.4) is 0 Å². The monoisotopic (exact) mass is 278 g/mol. The van der Waals surface area contributed by atoms with Crippen molar-refractivity contribution in [3.63, 3.8) is 0 Å². The molecule has 2 heterocycles. The van der Waals surface area contributed by atoms with Gasteiger partial charge in [0, 0.05) is 24.7 Å². The van der Waals surface area contributed by atoms with E-state index in [0.29, 0.717) is 6.61 Å². The molecule has 0 unspecified atom stereocenters. The summed E-state index contributed by atoms with van der Waals surface area (Å²) in [4.78, 5) is 2.50. The summed E-state index contributed by atoms with van der Waals surface area (Å²) in [5, 5.41) is 3.52. The second kappa shape index (κ2) is 7.25. The van der Waals surface area contributed by atoms with E-state index >= 15 is 0 Å². The Morgan fingerprint density at radius 2 is 2.10 bits per heavy atom. The van der Waals surface area contributed by atoms with Crippen LogP contribution >= 0.6 is 0 Å². The van der Waals surface area contributed by atoms with Gasteiger partial charge >= 0.3 is 0 Å². The van der Waals surface area contributed by atoms with E-state index in [0.717, 1.165) is 31.5 Å². The molecule has 0 atom stereocenters. The first kappa shape index (κ1) is 14.1. The van der Waals surface area contributed by atoms with E-state index in [2.05, 4.69) is 16.3 Å². The summed E-state index contributed by atoms with van der Waals surface area (Å²) < 4.78 is 11.3. The molecule has 0 amide bonds. The van der Waals surface area contributed by atoms with Crippen molar-refractivity contribution in [3.8, 4) is 0 Å². The zero-order valence-corrected chi connectivity index (χ0v) is 12.3. The highest BCUT2D eigenvalue weighted by atomic mass is 16.5. The second-order valence-corrected chi connectivity index (χ2v) is 5.98. The lowest BCUT2D eigenvalue weighted by Gasteiger charge is -2.26. The molecule has 3 rings (SSSR count). The quantitative estimate of drug-likeness (QED) is 0.742. The maximum atomic E-state index is 5.78. The predicted octanol–water partition coefficient (Wildman–Crippen LogP) is 2.53. The fourth-order valence-corrected chi connectivity index (χ4v) is 2.73. The molecule has 1 N–H and O–H groups in total. The highest BCUT2D eigenvalue weighted by Gasteiger charge is 2.20. The average Bonchev–Trinajstić information content (AvgIpc) is 3.21. The molecule has 1 saturated carbocycles. The molecule has 0 aromatic carbocycles. The van der Waals surface area contributed by atoms with Crippen LogP contribution in [-0.4, -0.2) is 37.2 Å². The van der Waals surface area contributed by atoms with Crippen molar-refractivity contribution in [3.05, 3.63) is 23.7 Å². The van der Waals surface area contributed by atoms with Crippen LogP contribution in [0.1, 0.15) is 43.4 Å². The van der Waals surface area contributed by atoms with Crippen molar-refractivity contribution in [1.82, 2.24) is 10.2 Å². The molecule has 2 aliphatic rings. The number of likely N-dealkylation sites (tertiary alicyclic amines) is 1. The van der Waals surface area contributed by atoms with Crippen LogP contribution < -0.4 is 5.32 Å². The van der Waals surface area contributed by atoms with Gasteiger partial charge in [-0.1, -0.05) is 6.42 Å². The van der Waals surface area contributed by atoms with Gasteiger partial charge in [0.15, 0.2) is 0 Å². The maximum absolute atomic E-state index is 5.78. The summed E-state index contributed by atoms with van der Waals surface area (Å²) in [6.45, 7) is 5.84. The first-order chi connectivity index (χ1) is 9.92. The van der Waals surface area contributed by atoms with E-state index in [1.807, 2.05) is 0 Å². The zero-order chi connectivity index (χ0) is 13.6. The SMILES string of the molecule is c1cc(CNC2CC2)c(COCCN2CCCCC2)o1. The number of piperidine rings is 1. The van der Waals surface area contributed by atoms with E-state index < -0.39 is 0 Å². The number of hydrogen-bond acceptors (Lipinski definition) is 4. The van der Waals surface area contributed by atoms with Crippen molar-refractivity contribution in [1.29, 1.82) is 0 Å². The third-order valence-corrected chi connectivity index (χ3v) is 4.23. The van der Waals surface area contributed by atoms with Gasteiger partial charge in [-0.05, 0) is 44.8 Å². The van der Waals surface area contributed by atoms with Crippen molar-refractivity contribution >= 4 is 0 Å². The minimum atomic E-state index is 0.600. The Morgan fingerprint density at radius 3 is 2.90 bits per heavy atom. The summed E-state index contributed by atoms with van der Waals surface area (Å²) in [5.41, 5.74) is 1.25. The number of nitrogens with one attached hydrogen (secondary N) is 1. The molecule has 4 nitrogen and oxygen atoms in total. The van der Waals surface area contributed by atoms with Crippen molar-refractivity contribution in [2.24, 2.45) is 0 Å². The largest absolute Gasteiger partial charge is 0.467 e. The lowest BCUT2D eigenvalue weighted by atomic mass is 10.1. The van der Waals surface area contributed by atoms with Crippen LogP contribution in [0.15, 0.2) is 16.7 Å². The standard InChI is InChI=1S/C16H26N2O2/c1-2-7-18(8-3-1)9-11-19-13-16-14(6-10-20-16)12-17-15-4-5-15/h6,10,15,17H,1-5,7-9,11-13H2. The Bertz CT molecular complexity index is 395. The van der Waals surface area contributed by atoms with Gasteiger partial charge in [-0.25, -0.2) is 0 Å². The summed E-state index contributed by atoms with van der Waals surface area (Å²) in [6.07, 6.45) is 8.48. The number of rotatable bonds is 8. The molecule has 2 fully saturated rings. The molecule has 0 spiro atoms. The first-order valence-electron chi connectivity index (χ1n) is 8.00. The van der Waals surface area contributed by atoms with E-state index in [4.69, 9.17) is 9.15 Å². The Morgan fingerprint density at radius 1 is 1.25 bits per heavy atom. The zero-order valence-electron chi connectivity index (χ0n) is 12.3. The third kappa shape index (κ3) is 4.33. The number of furan rings is 1. The van der Waals surface area contributed by atoms with Crippen LogP contribution in [0.2, 0.25) is 0 Å². The van der Waals surface area contributed by atoms with Gasteiger partial charge in [-0.2, -0.15) is 0 Å². The highest BCUT2D eigenvalue weighted by molar-refractivity contribution is 5.16. The minimum absolute atomic E-state index is 0.600. The van der Waals surface area contributed by atoms with Crippen molar-refractivity contribution < 1.29 is 9.15 Å². The molecule has 4 heteroatoms. The Kier molecular flexibility index (Phi) is 5.12. The lowest BCUT2D eigenvalue weighted by Crippen LogP contribution is -2.32. The van der Waals surface area contributed by atoms with E-state index in [1.54, 1.807) is 6.26 Å². The fourth-order valence-electron chi connectivity index (χ4n) is 2.73. The molecule has 20 heavy (non-hydrogen) atoms. The molecule has 1 aliphatic carbocycles. The van der Waals surface area contributed by atoms with Crippen LogP contribution in [-0.2, 0) is 17.9 Å². The Balaban J connectivity index is 1.33. The van der Waals surface area contributed by atoms with Gasteiger partial charge in [0.25, 0.3) is 0 Å². The molecular weight excluding hydrogens is 252 g/mol. The Hall–Kier alpha value is -0.840. The summed E-state index contributed by atoms with van der Waals surface area (Å²) in [5.74, 6) is 0.983. The predicted molar refractivity (Wildman–Crippen MR) is 78.5 cm³/mol. The van der Waals surface area contributed by atoms with Crippen LogP contribution in [0.25, 0.3) is 0 Å². The number of ether oxygens (including phenoxy) is 1. The normalized spacial score (nSPS) is 20.4. The molecular formula is C16H26N2O2. The second-order valence-electron chi connectivity index (χ2n) is 5.98. The molecule has 0 radical (unpaired) electrons. The Labute approximate surface area is 121 Å². The summed E-state index contributed by atoms with van der Waals surface area (Å²) in [6, 6.07) is 2.79. The number of nitrogens with zero attached hydrogens (tertiary/aromatic N) is 1. The van der Waals surface area contributed by atoms with Gasteiger partial charge in [0.1, 0.15) is 12.4 Å². The van der Waals surface area contributed by atoms with E-state index in [-0.39, 0.29) is 0 Å².